The highest BCUT2D eigenvalue weighted by atomic mass is 35.5. The molecule has 15 heavy (non-hydrogen) atoms. The first kappa shape index (κ1) is 10.3. The molecule has 0 aliphatic rings. The van der Waals surface area contributed by atoms with Crippen molar-refractivity contribution in [2.24, 2.45) is 0 Å². The summed E-state index contributed by atoms with van der Waals surface area (Å²) in [6.07, 6.45) is 0. The van der Waals surface area contributed by atoms with E-state index in [2.05, 4.69) is 14.1 Å². The average molecular weight is 244 g/mol. The minimum absolute atomic E-state index is 0.265. The summed E-state index contributed by atoms with van der Waals surface area (Å²) in [5.41, 5.74) is 1.20. The maximum Gasteiger partial charge on any atom is 0.187 e. The van der Waals surface area contributed by atoms with E-state index >= 15 is 0 Å². The Bertz CT molecular complexity index is 486. The predicted molar refractivity (Wildman–Crippen MR) is 59.3 cm³/mol. The summed E-state index contributed by atoms with van der Waals surface area (Å²) in [5.74, 6) is 0.184. The Hall–Kier alpha value is -1.20. The van der Waals surface area contributed by atoms with Gasteiger partial charge in [0.1, 0.15) is 5.82 Å². The van der Waals surface area contributed by atoms with Gasteiger partial charge in [0, 0.05) is 5.69 Å². The zero-order chi connectivity index (χ0) is 10.8. The second-order valence-electron chi connectivity index (χ2n) is 2.99. The standard InChI is InChI=1S/C9H7ClFN3S/c1-5-2-3-6(4-7(5)11)12-9-8(10)13-15-14-9/h2-4H,1H3,(H,12,14). The van der Waals surface area contributed by atoms with Gasteiger partial charge in [-0.15, -0.1) is 0 Å². The van der Waals surface area contributed by atoms with Crippen LogP contribution in [0.25, 0.3) is 0 Å². The molecule has 0 aliphatic heterocycles. The van der Waals surface area contributed by atoms with Gasteiger partial charge in [-0.3, -0.25) is 0 Å². The lowest BCUT2D eigenvalue weighted by atomic mass is 10.2. The number of hydrogen-bond donors (Lipinski definition) is 1. The van der Waals surface area contributed by atoms with Crippen molar-refractivity contribution in [2.45, 2.75) is 6.92 Å². The molecule has 0 radical (unpaired) electrons. The second kappa shape index (κ2) is 4.12. The number of benzene rings is 1. The van der Waals surface area contributed by atoms with Crippen molar-refractivity contribution in [2.75, 3.05) is 5.32 Å². The number of hydrogen-bond acceptors (Lipinski definition) is 4. The molecule has 0 bridgehead atoms. The van der Waals surface area contributed by atoms with E-state index in [1.807, 2.05) is 0 Å². The number of nitrogens with zero attached hydrogens (tertiary/aromatic N) is 2. The highest BCUT2D eigenvalue weighted by molar-refractivity contribution is 6.99. The fourth-order valence-electron chi connectivity index (χ4n) is 1.06. The predicted octanol–water partition coefficient (Wildman–Crippen LogP) is 3.38. The van der Waals surface area contributed by atoms with Crippen LogP contribution in [-0.4, -0.2) is 8.75 Å². The van der Waals surface area contributed by atoms with Crippen LogP contribution in [0.15, 0.2) is 18.2 Å². The van der Waals surface area contributed by atoms with E-state index in [1.165, 1.54) is 6.07 Å². The molecule has 0 amide bonds. The van der Waals surface area contributed by atoms with Crippen LogP contribution >= 0.6 is 23.3 Å². The summed E-state index contributed by atoms with van der Waals surface area (Å²) in [7, 11) is 0. The third-order valence-corrected chi connectivity index (χ3v) is 2.78. The van der Waals surface area contributed by atoms with Crippen LogP contribution in [0.5, 0.6) is 0 Å². The zero-order valence-electron chi connectivity index (χ0n) is 7.79. The van der Waals surface area contributed by atoms with Crippen LogP contribution in [0.3, 0.4) is 0 Å². The van der Waals surface area contributed by atoms with Gasteiger partial charge in [0.05, 0.1) is 11.7 Å². The Balaban J connectivity index is 2.25. The number of aryl methyl sites for hydroxylation is 1. The summed E-state index contributed by atoms with van der Waals surface area (Å²) in [5, 5.41) is 3.18. The van der Waals surface area contributed by atoms with Crippen molar-refractivity contribution in [3.8, 4) is 0 Å². The van der Waals surface area contributed by atoms with Crippen LogP contribution in [-0.2, 0) is 0 Å². The SMILES string of the molecule is Cc1ccc(Nc2nsnc2Cl)cc1F. The van der Waals surface area contributed by atoms with Gasteiger partial charge >= 0.3 is 0 Å². The van der Waals surface area contributed by atoms with Gasteiger partial charge in [0.15, 0.2) is 11.0 Å². The van der Waals surface area contributed by atoms with Crippen LogP contribution in [0.4, 0.5) is 15.9 Å². The van der Waals surface area contributed by atoms with Crippen LogP contribution < -0.4 is 5.32 Å². The minimum Gasteiger partial charge on any atom is -0.337 e. The molecule has 0 fully saturated rings. The third-order valence-electron chi connectivity index (χ3n) is 1.88. The fraction of sp³-hybridized carbons (Fsp3) is 0.111. The lowest BCUT2D eigenvalue weighted by Crippen LogP contribution is -1.92. The Kier molecular flexibility index (Phi) is 2.83. The first-order chi connectivity index (χ1) is 7.16. The van der Waals surface area contributed by atoms with E-state index in [0.29, 0.717) is 22.2 Å². The van der Waals surface area contributed by atoms with E-state index in [9.17, 15) is 4.39 Å². The van der Waals surface area contributed by atoms with Crippen LogP contribution in [0.1, 0.15) is 5.56 Å². The van der Waals surface area contributed by atoms with Gasteiger partial charge in [-0.25, -0.2) is 4.39 Å². The lowest BCUT2D eigenvalue weighted by molar-refractivity contribution is 0.619. The highest BCUT2D eigenvalue weighted by Crippen LogP contribution is 2.23. The monoisotopic (exact) mass is 243 g/mol. The van der Waals surface area contributed by atoms with E-state index < -0.39 is 0 Å². The molecule has 0 saturated heterocycles. The summed E-state index contributed by atoms with van der Waals surface area (Å²) in [4.78, 5) is 0. The molecule has 0 atom stereocenters. The fourth-order valence-corrected chi connectivity index (χ4v) is 1.70. The molecule has 0 unspecified atom stereocenters. The molecule has 1 aromatic carbocycles. The maximum atomic E-state index is 13.2. The molecule has 78 valence electrons. The van der Waals surface area contributed by atoms with E-state index in [4.69, 9.17) is 11.6 Å². The van der Waals surface area contributed by atoms with Crippen LogP contribution in [0.2, 0.25) is 5.15 Å². The molecule has 2 rings (SSSR count). The molecule has 1 N–H and O–H groups in total. The van der Waals surface area contributed by atoms with E-state index in [1.54, 1.807) is 19.1 Å². The first-order valence-electron chi connectivity index (χ1n) is 4.18. The van der Waals surface area contributed by atoms with Crippen LogP contribution in [0, 0.1) is 12.7 Å². The molecule has 0 aliphatic carbocycles. The van der Waals surface area contributed by atoms with Crippen molar-refractivity contribution in [3.05, 3.63) is 34.7 Å². The number of nitrogens with one attached hydrogen (secondary N) is 1. The molecule has 0 spiro atoms. The zero-order valence-corrected chi connectivity index (χ0v) is 9.36. The third kappa shape index (κ3) is 2.24. The minimum atomic E-state index is -0.265. The Morgan fingerprint density at radius 1 is 1.40 bits per heavy atom. The summed E-state index contributed by atoms with van der Waals surface area (Å²) in [6, 6.07) is 4.84. The molecule has 1 heterocycles. The Labute approximate surface area is 95.2 Å². The topological polar surface area (TPSA) is 37.8 Å². The highest BCUT2D eigenvalue weighted by Gasteiger charge is 2.06. The van der Waals surface area contributed by atoms with Crippen molar-refractivity contribution < 1.29 is 4.39 Å². The van der Waals surface area contributed by atoms with Gasteiger partial charge in [0.25, 0.3) is 0 Å². The number of halogens is 2. The van der Waals surface area contributed by atoms with Gasteiger partial charge in [-0.1, -0.05) is 17.7 Å². The van der Waals surface area contributed by atoms with Crippen molar-refractivity contribution >= 4 is 34.8 Å². The molecular formula is C9H7ClFN3S. The van der Waals surface area contributed by atoms with Crippen molar-refractivity contribution in [1.29, 1.82) is 0 Å². The number of anilines is 2. The quantitative estimate of drug-likeness (QED) is 0.879. The number of rotatable bonds is 2. The molecule has 6 heteroatoms. The second-order valence-corrected chi connectivity index (χ2v) is 3.88. The first-order valence-corrected chi connectivity index (χ1v) is 5.29. The smallest absolute Gasteiger partial charge is 0.187 e. The van der Waals surface area contributed by atoms with Crippen molar-refractivity contribution in [3.63, 3.8) is 0 Å². The largest absolute Gasteiger partial charge is 0.337 e. The van der Waals surface area contributed by atoms with Gasteiger partial charge in [-0.2, -0.15) is 8.75 Å². The Morgan fingerprint density at radius 2 is 2.20 bits per heavy atom. The lowest BCUT2D eigenvalue weighted by Gasteiger charge is -2.04. The summed E-state index contributed by atoms with van der Waals surface area (Å²) < 4.78 is 20.9. The van der Waals surface area contributed by atoms with Crippen molar-refractivity contribution in [1.82, 2.24) is 8.75 Å². The van der Waals surface area contributed by atoms with Gasteiger partial charge in [0.2, 0.25) is 0 Å². The average Bonchev–Trinajstić information content (AvgIpc) is 2.59. The molecule has 2 aromatic rings. The summed E-state index contributed by atoms with van der Waals surface area (Å²) >= 11 is 6.75. The summed E-state index contributed by atoms with van der Waals surface area (Å²) in [6.45, 7) is 1.70. The molecule has 1 aromatic heterocycles. The normalized spacial score (nSPS) is 10.3. The van der Waals surface area contributed by atoms with E-state index in [-0.39, 0.29) is 5.82 Å². The number of aromatic nitrogens is 2. The van der Waals surface area contributed by atoms with Gasteiger partial charge in [-0.05, 0) is 24.6 Å². The molecular weight excluding hydrogens is 237 g/mol. The molecule has 3 nitrogen and oxygen atoms in total. The van der Waals surface area contributed by atoms with E-state index in [0.717, 1.165) is 11.7 Å². The van der Waals surface area contributed by atoms with Gasteiger partial charge < -0.3 is 5.32 Å². The maximum absolute atomic E-state index is 13.2. The molecule has 0 saturated carbocycles. The Morgan fingerprint density at radius 3 is 2.80 bits per heavy atom.